The van der Waals surface area contributed by atoms with Gasteiger partial charge in [-0.1, -0.05) is 38.6 Å². The Morgan fingerprint density at radius 1 is 1.43 bits per heavy atom. The van der Waals surface area contributed by atoms with E-state index in [0.29, 0.717) is 0 Å². The van der Waals surface area contributed by atoms with Gasteiger partial charge in [0.25, 0.3) is 5.91 Å². The lowest BCUT2D eigenvalue weighted by Gasteiger charge is -2.18. The number of rotatable bonds is 0. The highest BCUT2D eigenvalue weighted by atomic mass is 32.2. The van der Waals surface area contributed by atoms with Crippen LogP contribution in [0.5, 0.6) is 0 Å². The largest absolute Gasteiger partial charge is 0.271 e. The van der Waals surface area contributed by atoms with Crippen LogP contribution in [0.15, 0.2) is 21.0 Å². The topological polar surface area (TPSA) is 41.8 Å². The molecule has 0 bridgehead atoms. The van der Waals surface area contributed by atoms with E-state index in [1.165, 1.54) is 11.2 Å². The SMILES string of the molecule is CC(C)(C)C1=CC2C(=O)N=CN=C2S1. The fourth-order valence-electron chi connectivity index (χ4n) is 1.34. The second kappa shape index (κ2) is 3.05. The Morgan fingerprint density at radius 3 is 2.71 bits per heavy atom. The molecule has 0 aliphatic carbocycles. The molecule has 1 atom stereocenters. The van der Waals surface area contributed by atoms with E-state index in [-0.39, 0.29) is 17.2 Å². The van der Waals surface area contributed by atoms with Gasteiger partial charge < -0.3 is 0 Å². The van der Waals surface area contributed by atoms with Crippen LogP contribution in [0.2, 0.25) is 0 Å². The molecule has 0 spiro atoms. The Kier molecular flexibility index (Phi) is 2.10. The highest BCUT2D eigenvalue weighted by molar-refractivity contribution is 8.17. The second-order valence-electron chi connectivity index (χ2n) is 4.41. The lowest BCUT2D eigenvalue weighted by molar-refractivity contribution is -0.118. The van der Waals surface area contributed by atoms with Crippen molar-refractivity contribution in [2.45, 2.75) is 20.8 Å². The van der Waals surface area contributed by atoms with Crippen LogP contribution in [0.25, 0.3) is 0 Å². The maximum absolute atomic E-state index is 11.4. The molecule has 0 radical (unpaired) electrons. The van der Waals surface area contributed by atoms with E-state index in [4.69, 9.17) is 0 Å². The number of thioether (sulfide) groups is 1. The van der Waals surface area contributed by atoms with Gasteiger partial charge in [-0.3, -0.25) is 4.79 Å². The van der Waals surface area contributed by atoms with Gasteiger partial charge in [-0.2, -0.15) is 0 Å². The Labute approximate surface area is 87.4 Å². The molecule has 0 aromatic rings. The molecule has 0 aromatic heterocycles. The van der Waals surface area contributed by atoms with Gasteiger partial charge in [0.05, 0.1) is 5.04 Å². The van der Waals surface area contributed by atoms with Crippen LogP contribution < -0.4 is 0 Å². The first kappa shape index (κ1) is 9.65. The first-order valence-electron chi connectivity index (χ1n) is 4.53. The van der Waals surface area contributed by atoms with Crippen molar-refractivity contribution in [1.82, 2.24) is 0 Å². The molecule has 0 N–H and O–H groups in total. The lowest BCUT2D eigenvalue weighted by atomic mass is 9.94. The van der Waals surface area contributed by atoms with E-state index < -0.39 is 0 Å². The number of carbonyl (C=O) groups is 1. The average molecular weight is 208 g/mol. The van der Waals surface area contributed by atoms with Crippen LogP contribution in [0.1, 0.15) is 20.8 Å². The summed E-state index contributed by atoms with van der Waals surface area (Å²) in [5.41, 5.74) is 0.0881. The molecule has 2 aliphatic heterocycles. The Morgan fingerprint density at radius 2 is 2.14 bits per heavy atom. The van der Waals surface area contributed by atoms with Crippen molar-refractivity contribution in [2.75, 3.05) is 0 Å². The molecule has 0 saturated heterocycles. The number of hydrogen-bond donors (Lipinski definition) is 0. The predicted molar refractivity (Wildman–Crippen MR) is 59.6 cm³/mol. The first-order chi connectivity index (χ1) is 6.48. The summed E-state index contributed by atoms with van der Waals surface area (Å²) in [7, 11) is 0. The normalized spacial score (nSPS) is 25.9. The van der Waals surface area contributed by atoms with Gasteiger partial charge in [-0.05, 0) is 10.3 Å². The standard InChI is InChI=1S/C10H12N2OS/c1-10(2,3)7-4-6-8(13)11-5-12-9(6)14-7/h4-6H,1-3H3. The van der Waals surface area contributed by atoms with Gasteiger partial charge in [-0.25, -0.2) is 9.98 Å². The summed E-state index contributed by atoms with van der Waals surface area (Å²) in [6.07, 6.45) is 3.34. The van der Waals surface area contributed by atoms with E-state index in [1.54, 1.807) is 11.8 Å². The number of nitrogens with zero attached hydrogens (tertiary/aromatic N) is 2. The first-order valence-corrected chi connectivity index (χ1v) is 5.34. The Hall–Kier alpha value is -0.900. The van der Waals surface area contributed by atoms with Crippen LogP contribution in [0.4, 0.5) is 0 Å². The zero-order valence-corrected chi connectivity index (χ0v) is 9.26. The summed E-state index contributed by atoms with van der Waals surface area (Å²) in [6.45, 7) is 6.40. The van der Waals surface area contributed by atoms with E-state index in [0.717, 1.165) is 5.04 Å². The molecule has 2 aliphatic rings. The zero-order chi connectivity index (χ0) is 10.3. The minimum absolute atomic E-state index is 0.0881. The molecule has 74 valence electrons. The van der Waals surface area contributed by atoms with Crippen molar-refractivity contribution in [3.05, 3.63) is 11.0 Å². The quantitative estimate of drug-likeness (QED) is 0.612. The smallest absolute Gasteiger partial charge is 0.260 e. The number of fused-ring (bicyclic) bond motifs is 1. The third-order valence-electron chi connectivity index (χ3n) is 2.17. The van der Waals surface area contributed by atoms with E-state index in [2.05, 4.69) is 30.8 Å². The second-order valence-corrected chi connectivity index (χ2v) is 5.47. The Balaban J connectivity index is 2.31. The van der Waals surface area contributed by atoms with Crippen molar-refractivity contribution in [2.24, 2.45) is 21.3 Å². The van der Waals surface area contributed by atoms with Crippen molar-refractivity contribution < 1.29 is 4.79 Å². The van der Waals surface area contributed by atoms with Gasteiger partial charge in [0.15, 0.2) is 0 Å². The fraction of sp³-hybridized carbons (Fsp3) is 0.500. The summed E-state index contributed by atoms with van der Waals surface area (Å²) >= 11 is 1.60. The average Bonchev–Trinajstić information content (AvgIpc) is 2.48. The van der Waals surface area contributed by atoms with E-state index >= 15 is 0 Å². The van der Waals surface area contributed by atoms with Crippen LogP contribution >= 0.6 is 11.8 Å². The van der Waals surface area contributed by atoms with Crippen LogP contribution in [0.3, 0.4) is 0 Å². The van der Waals surface area contributed by atoms with Crippen molar-refractivity contribution in [3.8, 4) is 0 Å². The predicted octanol–water partition coefficient (Wildman–Crippen LogP) is 2.25. The molecule has 0 fully saturated rings. The van der Waals surface area contributed by atoms with Gasteiger partial charge in [-0.15, -0.1) is 0 Å². The molecule has 1 unspecified atom stereocenters. The number of carbonyl (C=O) groups excluding carboxylic acids is 1. The minimum Gasteiger partial charge on any atom is -0.271 e. The molecule has 3 nitrogen and oxygen atoms in total. The summed E-state index contributed by atoms with van der Waals surface area (Å²) < 4.78 is 0. The summed E-state index contributed by atoms with van der Waals surface area (Å²) in [5, 5.41) is 0.870. The highest BCUT2D eigenvalue weighted by Gasteiger charge is 2.35. The van der Waals surface area contributed by atoms with Crippen LogP contribution in [0, 0.1) is 11.3 Å². The maximum Gasteiger partial charge on any atom is 0.260 e. The van der Waals surface area contributed by atoms with Gasteiger partial charge >= 0.3 is 0 Å². The third kappa shape index (κ3) is 1.54. The van der Waals surface area contributed by atoms with Gasteiger partial charge in [0.2, 0.25) is 0 Å². The maximum atomic E-state index is 11.4. The molecular weight excluding hydrogens is 196 g/mol. The van der Waals surface area contributed by atoms with Crippen molar-refractivity contribution >= 4 is 29.1 Å². The molecule has 2 heterocycles. The number of hydrogen-bond acceptors (Lipinski definition) is 3. The number of aliphatic imine (C=N–C) groups is 2. The minimum atomic E-state index is -0.209. The van der Waals surface area contributed by atoms with Crippen LogP contribution in [-0.2, 0) is 4.79 Å². The molecule has 14 heavy (non-hydrogen) atoms. The van der Waals surface area contributed by atoms with Crippen molar-refractivity contribution in [1.29, 1.82) is 0 Å². The lowest BCUT2D eigenvalue weighted by Crippen LogP contribution is -2.18. The molecule has 1 amide bonds. The monoisotopic (exact) mass is 208 g/mol. The zero-order valence-electron chi connectivity index (χ0n) is 8.44. The van der Waals surface area contributed by atoms with Gasteiger partial charge in [0.1, 0.15) is 12.3 Å². The molecular formula is C10H12N2OS. The van der Waals surface area contributed by atoms with E-state index in [1.807, 2.05) is 6.08 Å². The molecule has 0 aromatic carbocycles. The van der Waals surface area contributed by atoms with Gasteiger partial charge in [0, 0.05) is 0 Å². The summed E-state index contributed by atoms with van der Waals surface area (Å²) in [4.78, 5) is 20.4. The summed E-state index contributed by atoms with van der Waals surface area (Å²) in [6, 6.07) is 0. The third-order valence-corrected chi connectivity index (χ3v) is 3.71. The molecule has 0 saturated carbocycles. The number of amides is 1. The number of allylic oxidation sites excluding steroid dienone is 1. The highest BCUT2D eigenvalue weighted by Crippen LogP contribution is 2.43. The molecule has 2 rings (SSSR count). The van der Waals surface area contributed by atoms with Crippen LogP contribution in [-0.4, -0.2) is 17.3 Å². The molecule has 4 heteroatoms. The fourth-order valence-corrected chi connectivity index (χ4v) is 2.47. The van der Waals surface area contributed by atoms with Crippen molar-refractivity contribution in [3.63, 3.8) is 0 Å². The van der Waals surface area contributed by atoms with E-state index in [9.17, 15) is 4.79 Å². The summed E-state index contributed by atoms with van der Waals surface area (Å²) in [5.74, 6) is -0.305. The Bertz CT molecular complexity index is 374.